The minimum atomic E-state index is -3.62. The molecule has 0 aromatic rings. The monoisotopic (exact) mass is 353 g/mol. The number of alkyl carbamates (subject to hydrolysis) is 1. The SMILES string of the molecule is CCCCOC(=O)C(CCOS(C)(=O)=O)NC(=O)OC(C)(C)C. The summed E-state index contributed by atoms with van der Waals surface area (Å²) < 4.78 is 36.6. The fraction of sp³-hybridized carbons (Fsp3) is 0.857. The molecule has 0 heterocycles. The van der Waals surface area contributed by atoms with Gasteiger partial charge in [0.1, 0.15) is 11.6 Å². The second-order valence-corrected chi connectivity index (χ2v) is 7.68. The van der Waals surface area contributed by atoms with Gasteiger partial charge in [0, 0.05) is 6.42 Å². The highest BCUT2D eigenvalue weighted by atomic mass is 32.2. The Hall–Kier alpha value is -1.35. The molecule has 0 saturated heterocycles. The molecule has 0 spiro atoms. The molecule has 23 heavy (non-hydrogen) atoms. The van der Waals surface area contributed by atoms with Crippen molar-refractivity contribution < 1.29 is 31.7 Å². The van der Waals surface area contributed by atoms with Gasteiger partial charge in [-0.15, -0.1) is 0 Å². The molecule has 1 amide bonds. The number of rotatable bonds is 9. The van der Waals surface area contributed by atoms with E-state index in [1.165, 1.54) is 0 Å². The molecular formula is C14H27NO7S. The van der Waals surface area contributed by atoms with E-state index in [1.807, 2.05) is 6.92 Å². The Morgan fingerprint density at radius 1 is 1.17 bits per heavy atom. The Bertz CT molecular complexity index is 482. The molecule has 1 atom stereocenters. The molecule has 1 unspecified atom stereocenters. The topological polar surface area (TPSA) is 108 Å². The first-order valence-corrected chi connectivity index (χ1v) is 9.27. The zero-order valence-electron chi connectivity index (χ0n) is 14.4. The van der Waals surface area contributed by atoms with Crippen LogP contribution in [0.1, 0.15) is 47.0 Å². The van der Waals surface area contributed by atoms with Crippen LogP contribution in [-0.4, -0.2) is 51.6 Å². The Morgan fingerprint density at radius 3 is 2.26 bits per heavy atom. The molecule has 0 aliphatic rings. The van der Waals surface area contributed by atoms with Gasteiger partial charge in [-0.05, 0) is 27.2 Å². The van der Waals surface area contributed by atoms with E-state index in [1.54, 1.807) is 20.8 Å². The van der Waals surface area contributed by atoms with Gasteiger partial charge in [-0.3, -0.25) is 4.18 Å². The van der Waals surface area contributed by atoms with Gasteiger partial charge >= 0.3 is 12.1 Å². The molecule has 0 bridgehead atoms. The zero-order valence-corrected chi connectivity index (χ0v) is 15.2. The van der Waals surface area contributed by atoms with Crippen molar-refractivity contribution >= 4 is 22.2 Å². The number of carbonyl (C=O) groups excluding carboxylic acids is 2. The second kappa shape index (κ2) is 9.71. The second-order valence-electron chi connectivity index (χ2n) is 6.03. The van der Waals surface area contributed by atoms with Crippen LogP contribution in [0.15, 0.2) is 0 Å². The predicted octanol–water partition coefficient (Wildman–Crippen LogP) is 1.59. The Labute approximate surface area is 138 Å². The quantitative estimate of drug-likeness (QED) is 0.381. The summed E-state index contributed by atoms with van der Waals surface area (Å²) in [5.74, 6) is -0.651. The van der Waals surface area contributed by atoms with Gasteiger partial charge in [-0.2, -0.15) is 8.42 Å². The first-order valence-electron chi connectivity index (χ1n) is 7.45. The van der Waals surface area contributed by atoms with Crippen LogP contribution >= 0.6 is 0 Å². The van der Waals surface area contributed by atoms with Crippen molar-refractivity contribution in [3.63, 3.8) is 0 Å². The van der Waals surface area contributed by atoms with Gasteiger partial charge in [-0.25, -0.2) is 9.59 Å². The predicted molar refractivity (Wildman–Crippen MR) is 84.4 cm³/mol. The van der Waals surface area contributed by atoms with Crippen molar-refractivity contribution in [1.29, 1.82) is 0 Å². The maximum absolute atomic E-state index is 12.0. The fourth-order valence-corrected chi connectivity index (χ4v) is 1.83. The minimum absolute atomic E-state index is 0.0444. The maximum atomic E-state index is 12.0. The molecule has 0 aromatic heterocycles. The molecule has 0 fully saturated rings. The molecule has 0 rings (SSSR count). The molecule has 0 radical (unpaired) electrons. The van der Waals surface area contributed by atoms with E-state index in [4.69, 9.17) is 9.47 Å². The number of hydrogen-bond acceptors (Lipinski definition) is 7. The molecule has 0 aliphatic heterocycles. The summed E-state index contributed by atoms with van der Waals surface area (Å²) >= 11 is 0. The highest BCUT2D eigenvalue weighted by molar-refractivity contribution is 7.85. The zero-order chi connectivity index (χ0) is 18.1. The lowest BCUT2D eigenvalue weighted by atomic mass is 10.2. The lowest BCUT2D eigenvalue weighted by Gasteiger charge is -2.22. The number of amides is 1. The molecule has 136 valence electrons. The van der Waals surface area contributed by atoms with E-state index in [-0.39, 0.29) is 19.6 Å². The van der Waals surface area contributed by atoms with Crippen LogP contribution in [0.3, 0.4) is 0 Å². The molecule has 0 aliphatic carbocycles. The summed E-state index contributed by atoms with van der Waals surface area (Å²) in [6.45, 7) is 7.00. The van der Waals surface area contributed by atoms with Crippen molar-refractivity contribution in [1.82, 2.24) is 5.32 Å². The highest BCUT2D eigenvalue weighted by Gasteiger charge is 2.25. The lowest BCUT2D eigenvalue weighted by Crippen LogP contribution is -2.45. The lowest BCUT2D eigenvalue weighted by molar-refractivity contribution is -0.146. The Morgan fingerprint density at radius 2 is 1.78 bits per heavy atom. The largest absolute Gasteiger partial charge is 0.464 e. The van der Waals surface area contributed by atoms with Gasteiger partial charge < -0.3 is 14.8 Å². The third-order valence-electron chi connectivity index (χ3n) is 2.42. The minimum Gasteiger partial charge on any atom is -0.464 e. The molecule has 8 nitrogen and oxygen atoms in total. The number of nitrogens with one attached hydrogen (secondary N) is 1. The maximum Gasteiger partial charge on any atom is 0.408 e. The third kappa shape index (κ3) is 12.8. The van der Waals surface area contributed by atoms with Gasteiger partial charge in [0.2, 0.25) is 0 Å². The van der Waals surface area contributed by atoms with Gasteiger partial charge in [0.05, 0.1) is 19.5 Å². The van der Waals surface area contributed by atoms with Crippen LogP contribution in [0.2, 0.25) is 0 Å². The summed E-state index contributed by atoms with van der Waals surface area (Å²) in [7, 11) is -3.62. The number of hydrogen-bond donors (Lipinski definition) is 1. The van der Waals surface area contributed by atoms with Crippen LogP contribution in [0, 0.1) is 0 Å². The van der Waals surface area contributed by atoms with E-state index in [0.717, 1.165) is 12.7 Å². The average Bonchev–Trinajstić information content (AvgIpc) is 2.34. The van der Waals surface area contributed by atoms with Crippen molar-refractivity contribution in [2.45, 2.75) is 58.6 Å². The van der Waals surface area contributed by atoms with Crippen LogP contribution in [0.4, 0.5) is 4.79 Å². The standard InChI is InChI=1S/C14H27NO7S/c1-6-7-9-20-12(16)11(8-10-21-23(5,18)19)15-13(17)22-14(2,3)4/h11H,6-10H2,1-5H3,(H,15,17). The van der Waals surface area contributed by atoms with Crippen LogP contribution in [0.25, 0.3) is 0 Å². The van der Waals surface area contributed by atoms with Crippen molar-refractivity contribution in [2.24, 2.45) is 0 Å². The highest BCUT2D eigenvalue weighted by Crippen LogP contribution is 2.08. The van der Waals surface area contributed by atoms with Crippen LogP contribution in [-0.2, 0) is 28.6 Å². The smallest absolute Gasteiger partial charge is 0.408 e. The molecule has 1 N–H and O–H groups in total. The average molecular weight is 353 g/mol. The van der Waals surface area contributed by atoms with Gasteiger partial charge in [0.25, 0.3) is 10.1 Å². The van der Waals surface area contributed by atoms with E-state index < -0.39 is 33.8 Å². The molecule has 9 heteroatoms. The number of ether oxygens (including phenoxy) is 2. The van der Waals surface area contributed by atoms with E-state index in [0.29, 0.717) is 6.42 Å². The van der Waals surface area contributed by atoms with Crippen LogP contribution in [0.5, 0.6) is 0 Å². The molecule has 0 aromatic carbocycles. The van der Waals surface area contributed by atoms with Crippen LogP contribution < -0.4 is 5.32 Å². The summed E-state index contributed by atoms with van der Waals surface area (Å²) in [6.07, 6.45) is 1.63. The number of esters is 1. The van der Waals surface area contributed by atoms with Crippen molar-refractivity contribution in [3.8, 4) is 0 Å². The first-order chi connectivity index (χ1) is 10.4. The number of unbranched alkanes of at least 4 members (excludes halogenated alkanes) is 1. The van der Waals surface area contributed by atoms with E-state index in [9.17, 15) is 18.0 Å². The summed E-state index contributed by atoms with van der Waals surface area (Å²) in [4.78, 5) is 23.7. The Balaban J connectivity index is 4.65. The van der Waals surface area contributed by atoms with Gasteiger partial charge in [-0.1, -0.05) is 13.3 Å². The Kier molecular flexibility index (Phi) is 9.14. The van der Waals surface area contributed by atoms with Crippen molar-refractivity contribution in [2.75, 3.05) is 19.5 Å². The third-order valence-corrected chi connectivity index (χ3v) is 3.02. The first kappa shape index (κ1) is 21.6. The summed E-state index contributed by atoms with van der Waals surface area (Å²) in [5, 5.41) is 2.38. The van der Waals surface area contributed by atoms with E-state index in [2.05, 4.69) is 9.50 Å². The molecule has 0 saturated carbocycles. The molecular weight excluding hydrogens is 326 g/mol. The summed E-state index contributed by atoms with van der Waals surface area (Å²) in [5.41, 5.74) is -0.718. The van der Waals surface area contributed by atoms with Crippen molar-refractivity contribution in [3.05, 3.63) is 0 Å². The fourth-order valence-electron chi connectivity index (χ4n) is 1.43. The summed E-state index contributed by atoms with van der Waals surface area (Å²) in [6, 6.07) is -1.04. The number of carbonyl (C=O) groups is 2. The normalized spacial score (nSPS) is 13.3. The van der Waals surface area contributed by atoms with Gasteiger partial charge in [0.15, 0.2) is 0 Å². The van der Waals surface area contributed by atoms with E-state index >= 15 is 0 Å².